The van der Waals surface area contributed by atoms with E-state index < -0.39 is 28.1 Å². The van der Waals surface area contributed by atoms with Gasteiger partial charge >= 0.3 is 18.0 Å². The third-order valence-electron chi connectivity index (χ3n) is 4.68. The van der Waals surface area contributed by atoms with E-state index in [1.807, 2.05) is 0 Å². The number of nitrogens with zero attached hydrogens (tertiary/aromatic N) is 1. The lowest BCUT2D eigenvalue weighted by atomic mass is 10.0. The number of urea groups is 2. The summed E-state index contributed by atoms with van der Waals surface area (Å²) >= 11 is 0. The summed E-state index contributed by atoms with van der Waals surface area (Å²) in [6, 6.07) is 10.4. The van der Waals surface area contributed by atoms with Gasteiger partial charge in [-0.15, -0.1) is 0 Å². The number of imide groups is 1. The van der Waals surface area contributed by atoms with Crippen molar-refractivity contribution in [1.29, 1.82) is 0 Å². The number of carbonyl (C=O) groups excluding carboxylic acids is 2. The first kappa shape index (κ1) is 19.3. The zero-order chi connectivity index (χ0) is 20.5. The zero-order valence-corrected chi connectivity index (χ0v) is 15.0. The highest BCUT2D eigenvalue weighted by Gasteiger charge is 2.60. The smallest absolute Gasteiger partial charge is 0.427 e. The number of carboxylic acids is 1. The average molecular weight is 388 g/mol. The molecule has 2 aromatic rings. The highest BCUT2D eigenvalue weighted by Crippen LogP contribution is 2.28. The summed E-state index contributed by atoms with van der Waals surface area (Å²) in [6.45, 7) is 0.932. The van der Waals surface area contributed by atoms with Crippen LogP contribution in [0.4, 0.5) is 14.0 Å². The maximum absolute atomic E-state index is 12.9. The summed E-state index contributed by atoms with van der Waals surface area (Å²) in [6.07, 6.45) is 0. The van der Waals surface area contributed by atoms with Gasteiger partial charge in [0.15, 0.2) is 5.54 Å². The monoisotopic (exact) mass is 388 g/mol. The predicted molar refractivity (Wildman–Crippen MR) is 95.9 cm³/mol. The zero-order valence-electron chi connectivity index (χ0n) is 15.0. The van der Waals surface area contributed by atoms with Crippen molar-refractivity contribution in [3.8, 4) is 11.5 Å². The van der Waals surface area contributed by atoms with Crippen LogP contribution >= 0.6 is 0 Å². The summed E-state index contributed by atoms with van der Waals surface area (Å²) < 4.78 is 17.7. The number of aliphatic carboxylic acids is 1. The molecule has 1 unspecified atom stereocenters. The van der Waals surface area contributed by atoms with E-state index in [4.69, 9.17) is 10.5 Å². The number of carboxylic acid groups (broad SMARTS) is 1. The number of primary amides is 1. The molecule has 0 bridgehead atoms. The third-order valence-corrected chi connectivity index (χ3v) is 4.68. The van der Waals surface area contributed by atoms with Crippen LogP contribution in [0.3, 0.4) is 0 Å². The van der Waals surface area contributed by atoms with Gasteiger partial charge in [-0.3, -0.25) is 5.32 Å². The van der Waals surface area contributed by atoms with Crippen LogP contribution in [0, 0.1) is 5.82 Å². The molecule has 4 N–H and O–H groups in total. The minimum absolute atomic E-state index is 0.0964. The van der Waals surface area contributed by atoms with Crippen molar-refractivity contribution >= 4 is 18.0 Å². The molecule has 2 atom stereocenters. The van der Waals surface area contributed by atoms with Crippen molar-refractivity contribution in [2.24, 2.45) is 5.73 Å². The largest absolute Gasteiger partial charge is 0.479 e. The molecule has 1 fully saturated rings. The van der Waals surface area contributed by atoms with Crippen molar-refractivity contribution in [1.82, 2.24) is 5.32 Å². The fourth-order valence-corrected chi connectivity index (χ4v) is 3.11. The normalized spacial score (nSPS) is 23.9. The Balaban J connectivity index is 1.79. The second-order valence-electron chi connectivity index (χ2n) is 6.89. The highest BCUT2D eigenvalue weighted by molar-refractivity contribution is 5.91. The Morgan fingerprint density at radius 2 is 1.71 bits per heavy atom. The molecule has 0 aliphatic carbocycles. The van der Waals surface area contributed by atoms with Gasteiger partial charge in [0.2, 0.25) is 0 Å². The van der Waals surface area contributed by atoms with Gasteiger partial charge < -0.3 is 15.6 Å². The number of halogens is 1. The van der Waals surface area contributed by atoms with E-state index in [0.717, 1.165) is 0 Å². The first-order chi connectivity index (χ1) is 13.1. The molecule has 0 saturated carbocycles. The number of hydrogen-bond acceptors (Lipinski definition) is 4. The fourth-order valence-electron chi connectivity index (χ4n) is 3.11. The van der Waals surface area contributed by atoms with Crippen LogP contribution in [0.1, 0.15) is 12.5 Å². The number of ether oxygens (including phenoxy) is 1. The maximum atomic E-state index is 12.9. The van der Waals surface area contributed by atoms with Gasteiger partial charge in [0.25, 0.3) is 0 Å². The van der Waals surface area contributed by atoms with Gasteiger partial charge in [-0.2, -0.15) is 4.48 Å². The minimum atomic E-state index is -1.59. The molecule has 4 amide bonds. The molecule has 1 aliphatic rings. The van der Waals surface area contributed by atoms with Crippen molar-refractivity contribution in [3.05, 3.63) is 59.9 Å². The molecule has 8 nitrogen and oxygen atoms in total. The van der Waals surface area contributed by atoms with E-state index in [0.29, 0.717) is 17.1 Å². The summed E-state index contributed by atoms with van der Waals surface area (Å²) in [5.41, 5.74) is 4.47. The fraction of sp³-hybridized carbons (Fsp3) is 0.211. The first-order valence-electron chi connectivity index (χ1n) is 8.40. The molecule has 1 aliphatic heterocycles. The van der Waals surface area contributed by atoms with Crippen LogP contribution in [-0.4, -0.2) is 39.7 Å². The van der Waals surface area contributed by atoms with Crippen molar-refractivity contribution in [3.63, 3.8) is 0 Å². The van der Waals surface area contributed by atoms with Gasteiger partial charge in [0.1, 0.15) is 30.4 Å². The Kier molecular flexibility index (Phi) is 4.78. The Bertz CT molecular complexity index is 932. The van der Waals surface area contributed by atoms with Crippen LogP contribution in [0.25, 0.3) is 0 Å². The molecule has 146 valence electrons. The first-order valence-corrected chi connectivity index (χ1v) is 8.40. The lowest BCUT2D eigenvalue weighted by molar-refractivity contribution is -0.773. The number of benzene rings is 2. The van der Waals surface area contributed by atoms with Gasteiger partial charge in [0.05, 0.1) is 0 Å². The Morgan fingerprint density at radius 1 is 1.18 bits per heavy atom. The van der Waals surface area contributed by atoms with E-state index in [-0.39, 0.29) is 18.9 Å². The molecule has 0 spiro atoms. The Morgan fingerprint density at radius 3 is 2.18 bits per heavy atom. The van der Waals surface area contributed by atoms with Gasteiger partial charge in [0, 0.05) is 5.56 Å². The van der Waals surface area contributed by atoms with Crippen molar-refractivity contribution < 1.29 is 33.1 Å². The Hall–Kier alpha value is -3.46. The molecule has 0 aromatic heterocycles. The number of quaternary nitrogens is 1. The molecule has 28 heavy (non-hydrogen) atoms. The molecule has 1 heterocycles. The molecule has 1 saturated heterocycles. The number of rotatable bonds is 5. The molecular formula is C19H19FN3O5+. The van der Waals surface area contributed by atoms with Crippen molar-refractivity contribution in [2.75, 3.05) is 6.54 Å². The number of amides is 4. The van der Waals surface area contributed by atoms with E-state index in [2.05, 4.69) is 5.32 Å². The van der Waals surface area contributed by atoms with Gasteiger partial charge in [-0.05, 0) is 55.5 Å². The molecule has 3 rings (SSSR count). The second-order valence-corrected chi connectivity index (χ2v) is 6.89. The number of nitrogens with one attached hydrogen (secondary N) is 1. The van der Waals surface area contributed by atoms with Gasteiger partial charge in [-0.1, -0.05) is 0 Å². The summed E-state index contributed by atoms with van der Waals surface area (Å²) in [7, 11) is 0. The van der Waals surface area contributed by atoms with Crippen LogP contribution < -0.4 is 15.8 Å². The summed E-state index contributed by atoms with van der Waals surface area (Å²) in [5, 5.41) is 11.7. The van der Waals surface area contributed by atoms with Crippen molar-refractivity contribution in [2.45, 2.75) is 19.0 Å². The maximum Gasteiger partial charge on any atom is 0.427 e. The van der Waals surface area contributed by atoms with Crippen LogP contribution in [0.5, 0.6) is 11.5 Å². The predicted octanol–water partition coefficient (Wildman–Crippen LogP) is 2.58. The lowest BCUT2D eigenvalue weighted by Gasteiger charge is -2.26. The molecule has 0 radical (unpaired) electrons. The summed E-state index contributed by atoms with van der Waals surface area (Å²) in [4.78, 5) is 36.0. The van der Waals surface area contributed by atoms with Crippen LogP contribution in [0.2, 0.25) is 0 Å². The second kappa shape index (κ2) is 6.93. The van der Waals surface area contributed by atoms with Gasteiger partial charge in [-0.25, -0.2) is 18.8 Å². The van der Waals surface area contributed by atoms with E-state index in [1.165, 1.54) is 31.2 Å². The summed E-state index contributed by atoms with van der Waals surface area (Å²) in [5.74, 6) is -0.696. The van der Waals surface area contributed by atoms with E-state index in [1.54, 1.807) is 24.3 Å². The third kappa shape index (κ3) is 3.52. The van der Waals surface area contributed by atoms with Crippen LogP contribution in [0.15, 0.2) is 48.5 Å². The average Bonchev–Trinajstić information content (AvgIpc) is 2.91. The number of hydrogen-bond donors (Lipinski definition) is 3. The molecular weight excluding hydrogens is 369 g/mol. The molecule has 2 aromatic carbocycles. The highest BCUT2D eigenvalue weighted by atomic mass is 19.1. The number of nitrogens with two attached hydrogens (primary N) is 1. The molecule has 9 heteroatoms. The lowest BCUT2D eigenvalue weighted by Crippen LogP contribution is -2.57. The minimum Gasteiger partial charge on any atom is -0.479 e. The Labute approximate surface area is 159 Å². The topological polar surface area (TPSA) is 119 Å². The van der Waals surface area contributed by atoms with E-state index in [9.17, 15) is 23.9 Å². The number of carbonyl (C=O) groups is 3. The standard InChI is InChI=1S/C19H18FN3O5/c1-19(16(24)25)11-23(17(21)26,18(27)22-19)10-12-2-6-14(7-3-12)28-15-8-4-13(20)5-9-15/h2-9H,10-11H2,1H3,(H3-,21,22,24,25,26,27)/p+1/t19-,23?/m1/s1. The van der Waals surface area contributed by atoms with E-state index >= 15 is 0 Å². The quantitative estimate of drug-likeness (QED) is 0.680. The SMILES string of the molecule is C[C@]1(C(=O)O)C[N+](Cc2ccc(Oc3ccc(F)cc3)cc2)(C(N)=O)C(=O)N1. The van der Waals surface area contributed by atoms with Crippen LogP contribution in [-0.2, 0) is 11.3 Å².